The van der Waals surface area contributed by atoms with Crippen LogP contribution in [0.3, 0.4) is 0 Å². The van der Waals surface area contributed by atoms with E-state index in [4.69, 9.17) is 0 Å². The van der Waals surface area contributed by atoms with Gasteiger partial charge in [-0.05, 0) is 24.6 Å². The van der Waals surface area contributed by atoms with Crippen molar-refractivity contribution in [2.75, 3.05) is 4.72 Å². The number of sulfonamides is 1. The first kappa shape index (κ1) is 10.4. The highest BCUT2D eigenvalue weighted by Gasteiger charge is 2.26. The van der Waals surface area contributed by atoms with Crippen molar-refractivity contribution in [2.24, 2.45) is 0 Å². The number of hydrogen-bond donors (Lipinski definition) is 1. The van der Waals surface area contributed by atoms with Gasteiger partial charge in [0.25, 0.3) is 10.0 Å². The Bertz CT molecular complexity index is 705. The summed E-state index contributed by atoms with van der Waals surface area (Å²) < 4.78 is 26.7. The van der Waals surface area contributed by atoms with Crippen molar-refractivity contribution in [3.63, 3.8) is 0 Å². The molecule has 4 heteroatoms. The summed E-state index contributed by atoms with van der Waals surface area (Å²) in [7, 11) is -3.42. The van der Waals surface area contributed by atoms with E-state index in [9.17, 15) is 8.42 Å². The average Bonchev–Trinajstić information content (AvgIpc) is 2.28. The van der Waals surface area contributed by atoms with Crippen LogP contribution in [0.2, 0.25) is 0 Å². The molecular formula is C13H11NO2S. The number of anilines is 1. The largest absolute Gasteiger partial charge is 0.279 e. The molecule has 0 radical (unpaired) electrons. The van der Waals surface area contributed by atoms with Crippen molar-refractivity contribution in [2.45, 2.75) is 11.8 Å². The Kier molecular flexibility index (Phi) is 2.03. The van der Waals surface area contributed by atoms with Crippen LogP contribution < -0.4 is 4.72 Å². The zero-order valence-corrected chi connectivity index (χ0v) is 10.1. The molecule has 2 aromatic rings. The molecule has 0 aliphatic carbocycles. The maximum absolute atomic E-state index is 12.0. The Morgan fingerprint density at radius 3 is 2.59 bits per heavy atom. The summed E-state index contributed by atoms with van der Waals surface area (Å²) in [5.41, 5.74) is 3.39. The van der Waals surface area contributed by atoms with E-state index in [-0.39, 0.29) is 0 Å². The van der Waals surface area contributed by atoms with Gasteiger partial charge in [0, 0.05) is 11.1 Å². The van der Waals surface area contributed by atoms with E-state index >= 15 is 0 Å². The maximum Gasteiger partial charge on any atom is 0.262 e. The molecule has 0 fully saturated rings. The quantitative estimate of drug-likeness (QED) is 0.775. The van der Waals surface area contributed by atoms with Crippen molar-refractivity contribution in [3.8, 4) is 11.1 Å². The van der Waals surface area contributed by atoms with Crippen LogP contribution in [0.5, 0.6) is 0 Å². The second-order valence-corrected chi connectivity index (χ2v) is 5.80. The summed E-state index contributed by atoms with van der Waals surface area (Å²) in [4.78, 5) is 0.344. The van der Waals surface area contributed by atoms with E-state index in [0.717, 1.165) is 16.7 Å². The minimum Gasteiger partial charge on any atom is -0.279 e. The number of fused-ring (bicyclic) bond motifs is 3. The fourth-order valence-corrected chi connectivity index (χ4v) is 3.39. The van der Waals surface area contributed by atoms with Crippen LogP contribution >= 0.6 is 0 Å². The van der Waals surface area contributed by atoms with Gasteiger partial charge in [0.1, 0.15) is 0 Å². The van der Waals surface area contributed by atoms with Crippen LogP contribution in [-0.4, -0.2) is 8.42 Å². The van der Waals surface area contributed by atoms with Crippen LogP contribution in [-0.2, 0) is 10.0 Å². The van der Waals surface area contributed by atoms with Gasteiger partial charge in [-0.2, -0.15) is 0 Å². The van der Waals surface area contributed by atoms with Crippen LogP contribution in [0.25, 0.3) is 11.1 Å². The molecule has 1 heterocycles. The second kappa shape index (κ2) is 3.34. The van der Waals surface area contributed by atoms with E-state index < -0.39 is 10.0 Å². The van der Waals surface area contributed by atoms with Crippen LogP contribution in [0, 0.1) is 6.92 Å². The number of benzene rings is 2. The Balaban J connectivity index is 2.39. The predicted molar refractivity (Wildman–Crippen MR) is 67.4 cm³/mol. The first-order chi connectivity index (χ1) is 8.08. The molecule has 0 atom stereocenters. The van der Waals surface area contributed by atoms with Gasteiger partial charge in [-0.1, -0.05) is 30.3 Å². The molecule has 3 rings (SSSR count). The minimum atomic E-state index is -3.42. The Labute approximate surface area is 100 Å². The van der Waals surface area contributed by atoms with Gasteiger partial charge < -0.3 is 0 Å². The van der Waals surface area contributed by atoms with Crippen molar-refractivity contribution >= 4 is 15.7 Å². The molecule has 0 unspecified atom stereocenters. The van der Waals surface area contributed by atoms with Gasteiger partial charge in [-0.15, -0.1) is 0 Å². The lowest BCUT2D eigenvalue weighted by Crippen LogP contribution is -2.18. The Hall–Kier alpha value is -1.81. The van der Waals surface area contributed by atoms with Gasteiger partial charge >= 0.3 is 0 Å². The van der Waals surface area contributed by atoms with Gasteiger partial charge in [0.05, 0.1) is 10.6 Å². The standard InChI is InChI=1S/C13H11NO2S/c1-9-6-7-10-11-4-2-3-5-13(11)17(15,16)14-12(10)8-9/h2-8,14H,1H3. The van der Waals surface area contributed by atoms with Crippen molar-refractivity contribution in [1.82, 2.24) is 0 Å². The van der Waals surface area contributed by atoms with Crippen LogP contribution in [0.4, 0.5) is 5.69 Å². The third-order valence-electron chi connectivity index (χ3n) is 2.89. The molecule has 17 heavy (non-hydrogen) atoms. The molecule has 0 amide bonds. The molecule has 2 aromatic carbocycles. The molecule has 0 spiro atoms. The molecule has 1 N–H and O–H groups in total. The van der Waals surface area contributed by atoms with Gasteiger partial charge in [0.2, 0.25) is 0 Å². The fraction of sp³-hybridized carbons (Fsp3) is 0.0769. The lowest BCUT2D eigenvalue weighted by atomic mass is 10.0. The number of aryl methyl sites for hydroxylation is 1. The van der Waals surface area contributed by atoms with Gasteiger partial charge in [-0.25, -0.2) is 8.42 Å². The Morgan fingerprint density at radius 2 is 1.76 bits per heavy atom. The highest BCUT2D eigenvalue weighted by Crippen LogP contribution is 2.38. The van der Waals surface area contributed by atoms with Crippen molar-refractivity contribution < 1.29 is 8.42 Å². The van der Waals surface area contributed by atoms with E-state index in [1.54, 1.807) is 12.1 Å². The topological polar surface area (TPSA) is 46.2 Å². The Morgan fingerprint density at radius 1 is 1.00 bits per heavy atom. The lowest BCUT2D eigenvalue weighted by Gasteiger charge is -2.21. The number of nitrogens with one attached hydrogen (secondary N) is 1. The molecule has 0 bridgehead atoms. The van der Waals surface area contributed by atoms with E-state index in [2.05, 4.69) is 4.72 Å². The summed E-state index contributed by atoms with van der Waals surface area (Å²) in [5.74, 6) is 0. The SMILES string of the molecule is Cc1ccc2c(c1)NS(=O)(=O)c1ccccc1-2. The van der Waals surface area contributed by atoms with Gasteiger partial charge in [-0.3, -0.25) is 4.72 Å². The van der Waals surface area contributed by atoms with Crippen molar-refractivity contribution in [3.05, 3.63) is 48.0 Å². The molecular weight excluding hydrogens is 234 g/mol. The number of rotatable bonds is 0. The minimum absolute atomic E-state index is 0.344. The van der Waals surface area contributed by atoms with Crippen molar-refractivity contribution in [1.29, 1.82) is 0 Å². The average molecular weight is 245 g/mol. The molecule has 1 aliphatic rings. The predicted octanol–water partition coefficient (Wildman–Crippen LogP) is 2.78. The second-order valence-electron chi connectivity index (χ2n) is 4.15. The third kappa shape index (κ3) is 1.52. The molecule has 3 nitrogen and oxygen atoms in total. The van der Waals surface area contributed by atoms with E-state index in [1.807, 2.05) is 37.3 Å². The lowest BCUT2D eigenvalue weighted by molar-refractivity contribution is 0.601. The monoisotopic (exact) mass is 245 g/mol. The zero-order chi connectivity index (χ0) is 12.0. The normalized spacial score (nSPS) is 15.6. The van der Waals surface area contributed by atoms with E-state index in [0.29, 0.717) is 10.6 Å². The smallest absolute Gasteiger partial charge is 0.262 e. The highest BCUT2D eigenvalue weighted by atomic mass is 32.2. The molecule has 1 aliphatic heterocycles. The fourth-order valence-electron chi connectivity index (χ4n) is 2.10. The summed E-state index contributed by atoms with van der Waals surface area (Å²) in [6, 6.07) is 12.8. The number of hydrogen-bond acceptors (Lipinski definition) is 2. The molecule has 0 aromatic heterocycles. The molecule has 0 saturated heterocycles. The summed E-state index contributed by atoms with van der Waals surface area (Å²) in [6.07, 6.45) is 0. The highest BCUT2D eigenvalue weighted by molar-refractivity contribution is 7.93. The zero-order valence-electron chi connectivity index (χ0n) is 9.27. The summed E-state index contributed by atoms with van der Waals surface area (Å²) in [6.45, 7) is 1.94. The molecule has 0 saturated carbocycles. The van der Waals surface area contributed by atoms with Crippen LogP contribution in [0.15, 0.2) is 47.4 Å². The summed E-state index contributed by atoms with van der Waals surface area (Å²) >= 11 is 0. The van der Waals surface area contributed by atoms with E-state index in [1.165, 1.54) is 0 Å². The first-order valence-corrected chi connectivity index (χ1v) is 6.79. The first-order valence-electron chi connectivity index (χ1n) is 5.31. The summed E-state index contributed by atoms with van der Waals surface area (Å²) in [5, 5.41) is 0. The maximum atomic E-state index is 12.0. The van der Waals surface area contributed by atoms with Gasteiger partial charge in [0.15, 0.2) is 0 Å². The molecule has 86 valence electrons. The van der Waals surface area contributed by atoms with Crippen LogP contribution in [0.1, 0.15) is 5.56 Å². The third-order valence-corrected chi connectivity index (χ3v) is 4.31.